The molecule has 0 bridgehead atoms. The molecule has 5 rings (SSSR count). The van der Waals surface area contributed by atoms with Crippen LogP contribution in [-0.2, 0) is 6.42 Å². The average Bonchev–Trinajstić information content (AvgIpc) is 2.61. The van der Waals surface area contributed by atoms with Crippen molar-refractivity contribution in [1.82, 2.24) is 0 Å². The molecule has 4 aromatic rings. The predicted octanol–water partition coefficient (Wildman–Crippen LogP) is 6.87. The second-order valence-corrected chi connectivity index (χ2v) is 7.10. The minimum Gasteiger partial charge on any atom is -0.0836 e. The van der Waals surface area contributed by atoms with Crippen LogP contribution in [0.5, 0.6) is 0 Å². The molecule has 0 saturated heterocycles. The summed E-state index contributed by atoms with van der Waals surface area (Å²) in [5.41, 5.74) is 2.88. The standard InChI is InChI=1S/C22H15Br/c23-20-13-16-12-11-15-10-9-14-5-1-2-6-17(14)21(15)22(16)19-8-4-3-7-18(19)20/h2-4,6-13H,1,5H2. The fraction of sp³-hybridized carbons (Fsp3) is 0.0909. The summed E-state index contributed by atoms with van der Waals surface area (Å²) in [7, 11) is 0. The smallest absolute Gasteiger partial charge is 0.0260 e. The third-order valence-corrected chi connectivity index (χ3v) is 5.61. The molecule has 1 heteroatoms. The fourth-order valence-electron chi connectivity index (χ4n) is 3.89. The largest absolute Gasteiger partial charge is 0.0836 e. The van der Waals surface area contributed by atoms with Gasteiger partial charge in [-0.05, 0) is 62.4 Å². The summed E-state index contributed by atoms with van der Waals surface area (Å²) in [6.45, 7) is 0. The van der Waals surface area contributed by atoms with Crippen molar-refractivity contribution < 1.29 is 0 Å². The Labute approximate surface area is 143 Å². The van der Waals surface area contributed by atoms with Gasteiger partial charge in [0.2, 0.25) is 0 Å². The van der Waals surface area contributed by atoms with Gasteiger partial charge in [-0.2, -0.15) is 0 Å². The molecular formula is C22H15Br. The molecule has 0 fully saturated rings. The lowest BCUT2D eigenvalue weighted by atomic mass is 9.88. The van der Waals surface area contributed by atoms with Gasteiger partial charge >= 0.3 is 0 Å². The highest BCUT2D eigenvalue weighted by Crippen LogP contribution is 2.39. The monoisotopic (exact) mass is 358 g/mol. The topological polar surface area (TPSA) is 0 Å². The second kappa shape index (κ2) is 4.94. The molecule has 0 aromatic heterocycles. The molecule has 0 nitrogen and oxygen atoms in total. The number of hydrogen-bond donors (Lipinski definition) is 0. The van der Waals surface area contributed by atoms with E-state index < -0.39 is 0 Å². The van der Waals surface area contributed by atoms with Gasteiger partial charge in [-0.1, -0.05) is 76.6 Å². The Morgan fingerprint density at radius 1 is 0.783 bits per heavy atom. The van der Waals surface area contributed by atoms with Crippen molar-refractivity contribution in [3.8, 4) is 0 Å². The Bertz CT molecular complexity index is 1120. The first-order valence-electron chi connectivity index (χ1n) is 8.05. The fourth-order valence-corrected chi connectivity index (χ4v) is 4.48. The maximum Gasteiger partial charge on any atom is 0.0260 e. The van der Waals surface area contributed by atoms with Crippen LogP contribution in [0.15, 0.2) is 65.1 Å². The van der Waals surface area contributed by atoms with Crippen LogP contribution >= 0.6 is 15.9 Å². The summed E-state index contributed by atoms with van der Waals surface area (Å²) in [6, 6.07) is 20.0. The van der Waals surface area contributed by atoms with Crippen molar-refractivity contribution in [1.29, 1.82) is 0 Å². The van der Waals surface area contributed by atoms with Crippen molar-refractivity contribution in [2.45, 2.75) is 12.8 Å². The summed E-state index contributed by atoms with van der Waals surface area (Å²) < 4.78 is 1.17. The van der Waals surface area contributed by atoms with Crippen LogP contribution in [0.25, 0.3) is 38.4 Å². The van der Waals surface area contributed by atoms with Gasteiger partial charge < -0.3 is 0 Å². The Hall–Kier alpha value is -2.12. The lowest BCUT2D eigenvalue weighted by molar-refractivity contribution is 0.990. The third-order valence-electron chi connectivity index (χ3n) is 4.95. The van der Waals surface area contributed by atoms with E-state index in [1.165, 1.54) is 47.9 Å². The SMILES string of the molecule is Brc1cc2ccc3ccc4c(c3c2c2ccccc12)C=CCC4. The minimum atomic E-state index is 1.15. The highest BCUT2D eigenvalue weighted by molar-refractivity contribution is 9.10. The van der Waals surface area contributed by atoms with E-state index in [1.54, 1.807) is 0 Å². The Morgan fingerprint density at radius 2 is 1.57 bits per heavy atom. The average molecular weight is 359 g/mol. The first-order valence-corrected chi connectivity index (χ1v) is 8.84. The van der Waals surface area contributed by atoms with E-state index in [0.717, 1.165) is 12.8 Å². The van der Waals surface area contributed by atoms with Crippen LogP contribution in [0.4, 0.5) is 0 Å². The molecule has 0 N–H and O–H groups in total. The van der Waals surface area contributed by atoms with E-state index in [2.05, 4.69) is 82.7 Å². The molecule has 0 radical (unpaired) electrons. The molecule has 0 heterocycles. The molecule has 0 amide bonds. The van der Waals surface area contributed by atoms with E-state index in [1.807, 2.05) is 0 Å². The lowest BCUT2D eigenvalue weighted by Crippen LogP contribution is -1.95. The zero-order valence-electron chi connectivity index (χ0n) is 12.6. The van der Waals surface area contributed by atoms with Gasteiger partial charge in [0, 0.05) is 4.47 Å². The molecule has 23 heavy (non-hydrogen) atoms. The maximum atomic E-state index is 3.74. The minimum absolute atomic E-state index is 1.15. The number of halogens is 1. The summed E-state index contributed by atoms with van der Waals surface area (Å²) >= 11 is 3.74. The van der Waals surface area contributed by atoms with Crippen LogP contribution in [0.2, 0.25) is 0 Å². The second-order valence-electron chi connectivity index (χ2n) is 6.25. The van der Waals surface area contributed by atoms with Crippen LogP contribution < -0.4 is 0 Å². The molecule has 4 aromatic carbocycles. The molecule has 0 spiro atoms. The number of aryl methyl sites for hydroxylation is 1. The molecule has 1 aliphatic rings. The number of fused-ring (bicyclic) bond motifs is 7. The van der Waals surface area contributed by atoms with Gasteiger partial charge in [-0.15, -0.1) is 0 Å². The zero-order valence-corrected chi connectivity index (χ0v) is 14.2. The van der Waals surface area contributed by atoms with Crippen molar-refractivity contribution in [2.75, 3.05) is 0 Å². The summed E-state index contributed by atoms with van der Waals surface area (Å²) in [5, 5.41) is 8.02. The van der Waals surface area contributed by atoms with Gasteiger partial charge in [0.05, 0.1) is 0 Å². The van der Waals surface area contributed by atoms with Gasteiger partial charge in [0.15, 0.2) is 0 Å². The highest BCUT2D eigenvalue weighted by atomic mass is 79.9. The van der Waals surface area contributed by atoms with Crippen molar-refractivity contribution in [3.63, 3.8) is 0 Å². The number of benzene rings is 4. The zero-order chi connectivity index (χ0) is 15.4. The van der Waals surface area contributed by atoms with Crippen molar-refractivity contribution >= 4 is 54.3 Å². The highest BCUT2D eigenvalue weighted by Gasteiger charge is 2.14. The molecule has 1 aliphatic carbocycles. The molecule has 0 saturated carbocycles. The maximum absolute atomic E-state index is 3.74. The Morgan fingerprint density at radius 3 is 2.48 bits per heavy atom. The predicted molar refractivity (Wildman–Crippen MR) is 104 cm³/mol. The van der Waals surface area contributed by atoms with Crippen molar-refractivity contribution in [2.24, 2.45) is 0 Å². The van der Waals surface area contributed by atoms with Crippen LogP contribution in [0.3, 0.4) is 0 Å². The first kappa shape index (κ1) is 13.3. The van der Waals surface area contributed by atoms with E-state index in [0.29, 0.717) is 0 Å². The lowest BCUT2D eigenvalue weighted by Gasteiger charge is -2.17. The Kier molecular flexibility index (Phi) is 2.86. The molecule has 0 atom stereocenters. The van der Waals surface area contributed by atoms with E-state index in [-0.39, 0.29) is 0 Å². The summed E-state index contributed by atoms with van der Waals surface area (Å²) in [4.78, 5) is 0. The molecular weight excluding hydrogens is 344 g/mol. The van der Waals surface area contributed by atoms with Crippen LogP contribution in [-0.4, -0.2) is 0 Å². The normalized spacial score (nSPS) is 13.8. The van der Waals surface area contributed by atoms with Gasteiger partial charge in [-0.25, -0.2) is 0 Å². The number of hydrogen-bond acceptors (Lipinski definition) is 0. The number of rotatable bonds is 0. The van der Waals surface area contributed by atoms with E-state index in [9.17, 15) is 0 Å². The number of allylic oxidation sites excluding steroid dienone is 1. The quantitative estimate of drug-likeness (QED) is 0.301. The first-order chi connectivity index (χ1) is 11.3. The van der Waals surface area contributed by atoms with Gasteiger partial charge in [0.1, 0.15) is 0 Å². The van der Waals surface area contributed by atoms with Crippen LogP contribution in [0.1, 0.15) is 17.5 Å². The molecule has 110 valence electrons. The third kappa shape index (κ3) is 1.90. The summed E-state index contributed by atoms with van der Waals surface area (Å²) in [5.74, 6) is 0. The Balaban J connectivity index is 2.12. The molecule has 0 aliphatic heterocycles. The van der Waals surface area contributed by atoms with Gasteiger partial charge in [-0.3, -0.25) is 0 Å². The van der Waals surface area contributed by atoms with E-state index in [4.69, 9.17) is 0 Å². The van der Waals surface area contributed by atoms with Crippen LogP contribution in [0, 0.1) is 0 Å². The van der Waals surface area contributed by atoms with Crippen molar-refractivity contribution in [3.05, 3.63) is 76.3 Å². The summed E-state index contributed by atoms with van der Waals surface area (Å²) in [6.07, 6.45) is 6.92. The van der Waals surface area contributed by atoms with E-state index >= 15 is 0 Å². The molecule has 0 unspecified atom stereocenters. The van der Waals surface area contributed by atoms with Gasteiger partial charge in [0.25, 0.3) is 0 Å².